The van der Waals surface area contributed by atoms with Gasteiger partial charge < -0.3 is 5.32 Å². The molecule has 0 atom stereocenters. The first-order valence-corrected chi connectivity index (χ1v) is 6.15. The molecule has 20 heavy (non-hydrogen) atoms. The van der Waals surface area contributed by atoms with Crippen LogP contribution >= 0.6 is 0 Å². The lowest BCUT2D eigenvalue weighted by atomic mass is 10.1. The standard InChI is InChI=1S/C13H14F3N3O/c1-17-6-3-7-19-8-18-11-9(12(19)20)4-2-5-10(11)13(14,15)16/h2,4-5,8,17H,3,6-7H2,1H3. The summed E-state index contributed by atoms with van der Waals surface area (Å²) in [5.74, 6) is 0. The molecule has 108 valence electrons. The van der Waals surface area contributed by atoms with E-state index < -0.39 is 17.3 Å². The zero-order valence-electron chi connectivity index (χ0n) is 10.9. The number of alkyl halides is 3. The van der Waals surface area contributed by atoms with Crippen molar-refractivity contribution in [2.45, 2.75) is 19.1 Å². The second kappa shape index (κ2) is 5.62. The molecule has 0 unspecified atom stereocenters. The maximum atomic E-state index is 12.8. The molecule has 0 saturated carbocycles. The molecule has 7 heteroatoms. The molecular weight excluding hydrogens is 271 g/mol. The fourth-order valence-electron chi connectivity index (χ4n) is 2.00. The fraction of sp³-hybridized carbons (Fsp3) is 0.385. The first-order chi connectivity index (χ1) is 9.45. The molecule has 1 N–H and O–H groups in total. The van der Waals surface area contributed by atoms with Gasteiger partial charge >= 0.3 is 6.18 Å². The van der Waals surface area contributed by atoms with Crippen LogP contribution in [0, 0.1) is 0 Å². The number of rotatable bonds is 4. The van der Waals surface area contributed by atoms with Gasteiger partial charge in [-0.1, -0.05) is 6.07 Å². The van der Waals surface area contributed by atoms with Gasteiger partial charge in [-0.2, -0.15) is 13.2 Å². The molecule has 4 nitrogen and oxygen atoms in total. The van der Waals surface area contributed by atoms with Crippen molar-refractivity contribution in [2.75, 3.05) is 13.6 Å². The van der Waals surface area contributed by atoms with Crippen molar-refractivity contribution in [3.63, 3.8) is 0 Å². The Morgan fingerprint density at radius 3 is 2.75 bits per heavy atom. The van der Waals surface area contributed by atoms with Crippen LogP contribution in [0.1, 0.15) is 12.0 Å². The average Bonchev–Trinajstić information content (AvgIpc) is 2.40. The first-order valence-electron chi connectivity index (χ1n) is 6.15. The third kappa shape index (κ3) is 2.82. The molecule has 0 bridgehead atoms. The lowest BCUT2D eigenvalue weighted by Gasteiger charge is -2.11. The quantitative estimate of drug-likeness (QED) is 0.874. The lowest BCUT2D eigenvalue weighted by molar-refractivity contribution is -0.136. The second-order valence-corrected chi connectivity index (χ2v) is 4.40. The minimum atomic E-state index is -4.52. The summed E-state index contributed by atoms with van der Waals surface area (Å²) in [6, 6.07) is 3.53. The summed E-state index contributed by atoms with van der Waals surface area (Å²) in [5, 5.41) is 2.93. The van der Waals surface area contributed by atoms with Crippen LogP contribution in [0.25, 0.3) is 10.9 Å². The van der Waals surface area contributed by atoms with E-state index in [9.17, 15) is 18.0 Å². The zero-order chi connectivity index (χ0) is 14.8. The SMILES string of the molecule is CNCCCn1cnc2c(C(F)(F)F)cccc2c1=O. The number of fused-ring (bicyclic) bond motifs is 1. The van der Waals surface area contributed by atoms with Crippen molar-refractivity contribution in [3.05, 3.63) is 40.4 Å². The van der Waals surface area contributed by atoms with Gasteiger partial charge in [-0.05, 0) is 32.1 Å². The number of hydrogen-bond acceptors (Lipinski definition) is 3. The number of aromatic nitrogens is 2. The van der Waals surface area contributed by atoms with Crippen LogP contribution in [0.3, 0.4) is 0 Å². The summed E-state index contributed by atoms with van der Waals surface area (Å²) in [6.07, 6.45) is -2.64. The largest absolute Gasteiger partial charge is 0.418 e. The van der Waals surface area contributed by atoms with Gasteiger partial charge in [-0.15, -0.1) is 0 Å². The highest BCUT2D eigenvalue weighted by Gasteiger charge is 2.33. The van der Waals surface area contributed by atoms with E-state index in [1.54, 1.807) is 7.05 Å². The Morgan fingerprint density at radius 2 is 2.10 bits per heavy atom. The van der Waals surface area contributed by atoms with Gasteiger partial charge in [-0.25, -0.2) is 4.98 Å². The number of hydrogen-bond donors (Lipinski definition) is 1. The number of nitrogens with zero attached hydrogens (tertiary/aromatic N) is 2. The van der Waals surface area contributed by atoms with E-state index in [-0.39, 0.29) is 10.9 Å². The van der Waals surface area contributed by atoms with Crippen molar-refractivity contribution >= 4 is 10.9 Å². The predicted octanol–water partition coefficient (Wildman–Crippen LogP) is 2.02. The fourth-order valence-corrected chi connectivity index (χ4v) is 2.00. The van der Waals surface area contributed by atoms with Crippen LogP contribution in [-0.4, -0.2) is 23.1 Å². The van der Waals surface area contributed by atoms with Crippen molar-refractivity contribution in [1.29, 1.82) is 0 Å². The van der Waals surface area contributed by atoms with Gasteiger partial charge in [0, 0.05) is 6.54 Å². The van der Waals surface area contributed by atoms with E-state index in [1.165, 1.54) is 23.0 Å². The minimum Gasteiger partial charge on any atom is -0.320 e. The molecule has 0 radical (unpaired) electrons. The van der Waals surface area contributed by atoms with Gasteiger partial charge in [-0.3, -0.25) is 9.36 Å². The van der Waals surface area contributed by atoms with Gasteiger partial charge in [0.05, 0.1) is 22.8 Å². The number of para-hydroxylation sites is 1. The molecule has 0 spiro atoms. The van der Waals surface area contributed by atoms with Crippen LogP contribution in [0.2, 0.25) is 0 Å². The number of halogens is 3. The smallest absolute Gasteiger partial charge is 0.320 e. The van der Waals surface area contributed by atoms with E-state index in [0.717, 1.165) is 6.07 Å². The molecule has 0 aliphatic rings. The van der Waals surface area contributed by atoms with Gasteiger partial charge in [0.25, 0.3) is 5.56 Å². The molecule has 0 amide bonds. The third-order valence-corrected chi connectivity index (χ3v) is 2.98. The predicted molar refractivity (Wildman–Crippen MR) is 69.5 cm³/mol. The highest BCUT2D eigenvalue weighted by Crippen LogP contribution is 2.32. The zero-order valence-corrected chi connectivity index (χ0v) is 10.9. The maximum Gasteiger partial charge on any atom is 0.418 e. The summed E-state index contributed by atoms with van der Waals surface area (Å²) in [4.78, 5) is 15.9. The van der Waals surface area contributed by atoms with E-state index in [0.29, 0.717) is 19.5 Å². The Hall–Kier alpha value is -1.89. The highest BCUT2D eigenvalue weighted by atomic mass is 19.4. The molecule has 0 aliphatic carbocycles. The monoisotopic (exact) mass is 285 g/mol. The average molecular weight is 285 g/mol. The van der Waals surface area contributed by atoms with Crippen LogP contribution in [-0.2, 0) is 12.7 Å². The van der Waals surface area contributed by atoms with Crippen LogP contribution in [0.15, 0.2) is 29.3 Å². The molecule has 1 aromatic carbocycles. The van der Waals surface area contributed by atoms with E-state index >= 15 is 0 Å². The van der Waals surface area contributed by atoms with Crippen LogP contribution < -0.4 is 10.9 Å². The van der Waals surface area contributed by atoms with Crippen molar-refractivity contribution in [3.8, 4) is 0 Å². The Bertz CT molecular complexity index is 664. The Labute approximate surface area is 113 Å². The molecule has 2 aromatic rings. The number of benzene rings is 1. The summed E-state index contributed by atoms with van der Waals surface area (Å²) in [5.41, 5.74) is -1.62. The maximum absolute atomic E-state index is 12.8. The van der Waals surface area contributed by atoms with Crippen LogP contribution in [0.4, 0.5) is 13.2 Å². The topological polar surface area (TPSA) is 46.9 Å². The van der Waals surface area contributed by atoms with Gasteiger partial charge in [0.2, 0.25) is 0 Å². The van der Waals surface area contributed by atoms with Crippen LogP contribution in [0.5, 0.6) is 0 Å². The number of aryl methyl sites for hydroxylation is 1. The molecule has 0 saturated heterocycles. The second-order valence-electron chi connectivity index (χ2n) is 4.40. The van der Waals surface area contributed by atoms with Gasteiger partial charge in [0.1, 0.15) is 0 Å². The third-order valence-electron chi connectivity index (χ3n) is 2.98. The molecule has 1 heterocycles. The van der Waals surface area contributed by atoms with E-state index in [4.69, 9.17) is 0 Å². The molecular formula is C13H14F3N3O. The highest BCUT2D eigenvalue weighted by molar-refractivity contribution is 5.81. The lowest BCUT2D eigenvalue weighted by Crippen LogP contribution is -2.23. The molecule has 0 aliphatic heterocycles. The van der Waals surface area contributed by atoms with Crippen molar-refractivity contribution in [2.24, 2.45) is 0 Å². The van der Waals surface area contributed by atoms with E-state index in [2.05, 4.69) is 10.3 Å². The normalized spacial score (nSPS) is 12.0. The summed E-state index contributed by atoms with van der Waals surface area (Å²) < 4.78 is 39.9. The minimum absolute atomic E-state index is 0.00761. The Balaban J connectivity index is 2.50. The molecule has 1 aromatic heterocycles. The summed E-state index contributed by atoms with van der Waals surface area (Å²) >= 11 is 0. The Morgan fingerprint density at radius 1 is 1.35 bits per heavy atom. The molecule has 0 fully saturated rings. The Kier molecular flexibility index (Phi) is 4.08. The summed E-state index contributed by atoms with van der Waals surface area (Å²) in [6.45, 7) is 1.13. The van der Waals surface area contributed by atoms with Crippen molar-refractivity contribution < 1.29 is 13.2 Å². The van der Waals surface area contributed by atoms with E-state index in [1.807, 2.05) is 0 Å². The summed E-state index contributed by atoms with van der Waals surface area (Å²) in [7, 11) is 1.79. The van der Waals surface area contributed by atoms with Gasteiger partial charge in [0.15, 0.2) is 0 Å². The number of nitrogens with one attached hydrogen (secondary N) is 1. The first kappa shape index (κ1) is 14.5. The van der Waals surface area contributed by atoms with Crippen molar-refractivity contribution in [1.82, 2.24) is 14.9 Å². The molecule has 2 rings (SSSR count).